The molecule has 0 aliphatic carbocycles. The van der Waals surface area contributed by atoms with Crippen molar-refractivity contribution in [2.75, 3.05) is 11.9 Å². The van der Waals surface area contributed by atoms with Crippen LogP contribution in [0.15, 0.2) is 30.3 Å². The van der Waals surface area contributed by atoms with Crippen LogP contribution in [0.3, 0.4) is 0 Å². The van der Waals surface area contributed by atoms with Gasteiger partial charge in [-0.15, -0.1) is 0 Å². The van der Waals surface area contributed by atoms with Crippen LogP contribution in [0, 0.1) is 5.92 Å². The highest BCUT2D eigenvalue weighted by Gasteiger charge is 2.23. The fraction of sp³-hybridized carbons (Fsp3) is 0.429. The summed E-state index contributed by atoms with van der Waals surface area (Å²) < 4.78 is 0. The standard InChI is InChI=1S/C14H20N2O3/c1-3-10(2)13(14(18)19)15-9-12(17)16-11-7-5-4-6-8-11/h4-8,10,13,15H,3,9H2,1-2H3,(H,16,17)(H,18,19)/t10-,13-/m0/s1. The van der Waals surface area contributed by atoms with Crippen molar-refractivity contribution in [3.05, 3.63) is 30.3 Å². The van der Waals surface area contributed by atoms with Crippen molar-refractivity contribution < 1.29 is 14.7 Å². The van der Waals surface area contributed by atoms with Crippen LogP contribution in [-0.4, -0.2) is 29.6 Å². The Morgan fingerprint density at radius 2 is 1.89 bits per heavy atom. The smallest absolute Gasteiger partial charge is 0.320 e. The molecule has 0 aromatic heterocycles. The van der Waals surface area contributed by atoms with Crippen LogP contribution < -0.4 is 10.6 Å². The van der Waals surface area contributed by atoms with Crippen molar-refractivity contribution in [1.82, 2.24) is 5.32 Å². The number of benzene rings is 1. The van der Waals surface area contributed by atoms with Crippen molar-refractivity contribution in [3.8, 4) is 0 Å². The third kappa shape index (κ3) is 5.09. The fourth-order valence-corrected chi connectivity index (χ4v) is 1.70. The largest absolute Gasteiger partial charge is 0.480 e. The molecule has 19 heavy (non-hydrogen) atoms. The minimum absolute atomic E-state index is 0.0177. The quantitative estimate of drug-likeness (QED) is 0.700. The topological polar surface area (TPSA) is 78.4 Å². The van der Waals surface area contributed by atoms with Gasteiger partial charge in [-0.25, -0.2) is 0 Å². The molecule has 0 saturated carbocycles. The molecular weight excluding hydrogens is 244 g/mol. The van der Waals surface area contributed by atoms with Crippen LogP contribution in [0.2, 0.25) is 0 Å². The van der Waals surface area contributed by atoms with Crippen molar-refractivity contribution in [2.24, 2.45) is 5.92 Å². The van der Waals surface area contributed by atoms with E-state index in [4.69, 9.17) is 5.11 Å². The van der Waals surface area contributed by atoms with E-state index < -0.39 is 12.0 Å². The van der Waals surface area contributed by atoms with Crippen molar-refractivity contribution in [1.29, 1.82) is 0 Å². The van der Waals surface area contributed by atoms with Gasteiger partial charge in [-0.05, 0) is 18.1 Å². The number of para-hydroxylation sites is 1. The molecule has 3 N–H and O–H groups in total. The fourth-order valence-electron chi connectivity index (χ4n) is 1.70. The van der Waals surface area contributed by atoms with Gasteiger partial charge in [0.05, 0.1) is 6.54 Å². The zero-order valence-electron chi connectivity index (χ0n) is 11.2. The molecular formula is C14H20N2O3. The van der Waals surface area contributed by atoms with E-state index in [0.717, 1.165) is 6.42 Å². The highest BCUT2D eigenvalue weighted by molar-refractivity contribution is 5.92. The number of carbonyl (C=O) groups excluding carboxylic acids is 1. The Kier molecular flexibility index (Phi) is 6.02. The van der Waals surface area contributed by atoms with Crippen LogP contribution in [-0.2, 0) is 9.59 Å². The van der Waals surface area contributed by atoms with E-state index in [-0.39, 0.29) is 18.4 Å². The molecule has 1 aromatic carbocycles. The summed E-state index contributed by atoms with van der Waals surface area (Å²) in [7, 11) is 0. The maximum Gasteiger partial charge on any atom is 0.320 e. The first-order valence-electron chi connectivity index (χ1n) is 6.35. The van der Waals surface area contributed by atoms with E-state index in [1.807, 2.05) is 32.0 Å². The summed E-state index contributed by atoms with van der Waals surface area (Å²) in [4.78, 5) is 22.8. The first-order chi connectivity index (χ1) is 9.04. The number of carboxylic acids is 1. The van der Waals surface area contributed by atoms with E-state index in [1.54, 1.807) is 12.1 Å². The molecule has 0 aliphatic rings. The van der Waals surface area contributed by atoms with E-state index in [0.29, 0.717) is 5.69 Å². The van der Waals surface area contributed by atoms with E-state index in [1.165, 1.54) is 0 Å². The third-order valence-corrected chi connectivity index (χ3v) is 3.02. The molecule has 0 bridgehead atoms. The molecule has 1 aromatic rings. The van der Waals surface area contributed by atoms with Gasteiger partial charge < -0.3 is 10.4 Å². The number of hydrogen-bond donors (Lipinski definition) is 3. The lowest BCUT2D eigenvalue weighted by molar-refractivity contribution is -0.140. The minimum atomic E-state index is -0.929. The summed E-state index contributed by atoms with van der Waals surface area (Å²) in [6.07, 6.45) is 0.740. The highest BCUT2D eigenvalue weighted by Crippen LogP contribution is 2.08. The number of rotatable bonds is 7. The van der Waals surface area contributed by atoms with Gasteiger partial charge in [0.2, 0.25) is 5.91 Å². The Hall–Kier alpha value is -1.88. The highest BCUT2D eigenvalue weighted by atomic mass is 16.4. The summed E-state index contributed by atoms with van der Waals surface area (Å²) in [5.41, 5.74) is 0.699. The molecule has 1 amide bonds. The Bertz CT molecular complexity index is 420. The van der Waals surface area contributed by atoms with Gasteiger partial charge in [0.25, 0.3) is 0 Å². The number of nitrogens with one attached hydrogen (secondary N) is 2. The molecule has 0 heterocycles. The summed E-state index contributed by atoms with van der Waals surface area (Å²) in [6.45, 7) is 3.75. The lowest BCUT2D eigenvalue weighted by Gasteiger charge is -2.19. The predicted molar refractivity (Wildman–Crippen MR) is 74.0 cm³/mol. The molecule has 5 nitrogen and oxygen atoms in total. The normalized spacial score (nSPS) is 13.6. The Labute approximate surface area is 113 Å². The molecule has 5 heteroatoms. The van der Waals surface area contributed by atoms with Crippen LogP contribution in [0.1, 0.15) is 20.3 Å². The third-order valence-electron chi connectivity index (χ3n) is 3.02. The molecule has 0 spiro atoms. The van der Waals surface area contributed by atoms with Gasteiger partial charge in [0.1, 0.15) is 6.04 Å². The summed E-state index contributed by atoms with van der Waals surface area (Å²) in [5, 5.41) is 14.6. The average Bonchev–Trinajstić information content (AvgIpc) is 2.39. The maximum absolute atomic E-state index is 11.7. The number of carboxylic acid groups (broad SMARTS) is 1. The maximum atomic E-state index is 11.7. The molecule has 0 radical (unpaired) electrons. The average molecular weight is 264 g/mol. The second kappa shape index (κ2) is 7.53. The van der Waals surface area contributed by atoms with Gasteiger partial charge in [-0.2, -0.15) is 0 Å². The molecule has 2 atom stereocenters. The van der Waals surface area contributed by atoms with E-state index >= 15 is 0 Å². The number of amides is 1. The molecule has 0 aliphatic heterocycles. The molecule has 1 rings (SSSR count). The van der Waals surface area contributed by atoms with E-state index in [2.05, 4.69) is 10.6 Å². The van der Waals surface area contributed by atoms with Crippen LogP contribution in [0.5, 0.6) is 0 Å². The van der Waals surface area contributed by atoms with Crippen molar-refractivity contribution >= 4 is 17.6 Å². The second-order valence-electron chi connectivity index (χ2n) is 4.50. The SMILES string of the molecule is CC[C@H](C)[C@H](NCC(=O)Nc1ccccc1)C(=O)O. The Morgan fingerprint density at radius 1 is 1.26 bits per heavy atom. The van der Waals surface area contributed by atoms with Crippen LogP contribution >= 0.6 is 0 Å². The molecule has 0 fully saturated rings. The predicted octanol–water partition coefficient (Wildman–Crippen LogP) is 1.71. The molecule has 0 saturated heterocycles. The first-order valence-corrected chi connectivity index (χ1v) is 6.35. The Balaban J connectivity index is 2.46. The van der Waals surface area contributed by atoms with Gasteiger partial charge >= 0.3 is 5.97 Å². The lowest BCUT2D eigenvalue weighted by Crippen LogP contribution is -2.45. The first kappa shape index (κ1) is 15.2. The van der Waals surface area contributed by atoms with Crippen LogP contribution in [0.4, 0.5) is 5.69 Å². The summed E-state index contributed by atoms with van der Waals surface area (Å²) >= 11 is 0. The van der Waals surface area contributed by atoms with E-state index in [9.17, 15) is 9.59 Å². The monoisotopic (exact) mass is 264 g/mol. The second-order valence-corrected chi connectivity index (χ2v) is 4.50. The number of hydrogen-bond acceptors (Lipinski definition) is 3. The summed E-state index contributed by atoms with van der Waals surface area (Å²) in [6, 6.07) is 8.36. The van der Waals surface area contributed by atoms with Gasteiger partial charge in [0.15, 0.2) is 0 Å². The Morgan fingerprint density at radius 3 is 2.42 bits per heavy atom. The zero-order valence-corrected chi connectivity index (χ0v) is 11.2. The number of aliphatic carboxylic acids is 1. The minimum Gasteiger partial charge on any atom is -0.480 e. The van der Waals surface area contributed by atoms with Crippen molar-refractivity contribution in [2.45, 2.75) is 26.3 Å². The molecule has 104 valence electrons. The van der Waals surface area contributed by atoms with Gasteiger partial charge in [-0.1, -0.05) is 38.5 Å². The van der Waals surface area contributed by atoms with Gasteiger partial charge in [-0.3, -0.25) is 14.9 Å². The molecule has 0 unspecified atom stereocenters. The zero-order chi connectivity index (χ0) is 14.3. The lowest BCUT2D eigenvalue weighted by atomic mass is 9.99. The number of anilines is 1. The summed E-state index contributed by atoms with van der Waals surface area (Å²) in [5.74, 6) is -1.20. The van der Waals surface area contributed by atoms with Gasteiger partial charge in [0, 0.05) is 5.69 Å². The van der Waals surface area contributed by atoms with Crippen molar-refractivity contribution in [3.63, 3.8) is 0 Å². The van der Waals surface area contributed by atoms with Crippen LogP contribution in [0.25, 0.3) is 0 Å². The number of carbonyl (C=O) groups is 2.